The summed E-state index contributed by atoms with van der Waals surface area (Å²) in [4.78, 5) is 11.3. The molecule has 0 fully saturated rings. The van der Waals surface area contributed by atoms with Crippen molar-refractivity contribution < 1.29 is 9.53 Å². The van der Waals surface area contributed by atoms with Gasteiger partial charge in [0, 0.05) is 6.92 Å². The maximum atomic E-state index is 11.3. The summed E-state index contributed by atoms with van der Waals surface area (Å²) in [5.41, 5.74) is 0. The molecule has 0 aromatic heterocycles. The first-order valence-electron chi connectivity index (χ1n) is 12.5. The second-order valence-corrected chi connectivity index (χ2v) is 8.45. The normalized spacial score (nSPS) is 12.5. The molecule has 0 rings (SSSR count). The molecule has 0 N–H and O–H groups in total. The molecule has 0 radical (unpaired) electrons. The van der Waals surface area contributed by atoms with E-state index < -0.39 is 0 Å². The molecule has 1 atom stereocenters. The lowest BCUT2D eigenvalue weighted by atomic mass is 10.0. The summed E-state index contributed by atoms with van der Waals surface area (Å²) in [5.74, 6) is -0.132. The van der Waals surface area contributed by atoms with E-state index in [0.29, 0.717) is 0 Å². The van der Waals surface area contributed by atoms with Gasteiger partial charge in [0.25, 0.3) is 0 Å². The molecule has 28 heavy (non-hydrogen) atoms. The van der Waals surface area contributed by atoms with Crippen LogP contribution in [0.25, 0.3) is 0 Å². The minimum atomic E-state index is -0.132. The molecule has 0 saturated heterocycles. The van der Waals surface area contributed by atoms with Crippen molar-refractivity contribution in [2.45, 2.75) is 149 Å². The highest BCUT2D eigenvalue weighted by atomic mass is 16.5. The molecule has 0 bridgehead atoms. The van der Waals surface area contributed by atoms with Crippen molar-refractivity contribution >= 4 is 5.97 Å². The SMILES string of the molecule is CCCCCCCCCCCCC=CCCC(CCCCCCC)OC(C)=O. The van der Waals surface area contributed by atoms with E-state index in [9.17, 15) is 4.79 Å². The Balaban J connectivity index is 3.57. The van der Waals surface area contributed by atoms with E-state index in [-0.39, 0.29) is 12.1 Å². The van der Waals surface area contributed by atoms with Gasteiger partial charge in [-0.25, -0.2) is 0 Å². The smallest absolute Gasteiger partial charge is 0.302 e. The Bertz CT molecular complexity index is 348. The number of carbonyl (C=O) groups is 1. The van der Waals surface area contributed by atoms with Crippen LogP contribution in [0.15, 0.2) is 12.2 Å². The number of carbonyl (C=O) groups excluding carboxylic acids is 1. The molecule has 0 aliphatic carbocycles. The fourth-order valence-electron chi connectivity index (χ4n) is 3.74. The van der Waals surface area contributed by atoms with E-state index in [2.05, 4.69) is 26.0 Å². The highest BCUT2D eigenvalue weighted by molar-refractivity contribution is 5.66. The molecule has 0 aromatic rings. The molecule has 2 nitrogen and oxygen atoms in total. The number of unbranched alkanes of at least 4 members (excludes halogenated alkanes) is 14. The Hall–Kier alpha value is -0.790. The number of hydrogen-bond donors (Lipinski definition) is 0. The molecule has 1 unspecified atom stereocenters. The van der Waals surface area contributed by atoms with Gasteiger partial charge in [0.1, 0.15) is 6.10 Å². The van der Waals surface area contributed by atoms with Crippen molar-refractivity contribution in [1.29, 1.82) is 0 Å². The lowest BCUT2D eigenvalue weighted by Gasteiger charge is -2.16. The van der Waals surface area contributed by atoms with Crippen molar-refractivity contribution in [3.8, 4) is 0 Å². The zero-order valence-electron chi connectivity index (χ0n) is 19.5. The van der Waals surface area contributed by atoms with Crippen molar-refractivity contribution in [3.05, 3.63) is 12.2 Å². The van der Waals surface area contributed by atoms with Crippen molar-refractivity contribution in [2.75, 3.05) is 0 Å². The molecule has 0 heterocycles. The number of ether oxygens (including phenoxy) is 1. The van der Waals surface area contributed by atoms with Crippen LogP contribution in [0.2, 0.25) is 0 Å². The number of allylic oxidation sites excluding steroid dienone is 2. The van der Waals surface area contributed by atoms with E-state index in [0.717, 1.165) is 19.3 Å². The van der Waals surface area contributed by atoms with Crippen LogP contribution in [-0.2, 0) is 9.53 Å². The van der Waals surface area contributed by atoms with Gasteiger partial charge in [-0.1, -0.05) is 109 Å². The third-order valence-corrected chi connectivity index (χ3v) is 5.51. The molecule has 166 valence electrons. The summed E-state index contributed by atoms with van der Waals surface area (Å²) < 4.78 is 5.50. The Morgan fingerprint density at radius 3 is 1.64 bits per heavy atom. The largest absolute Gasteiger partial charge is 0.463 e. The Labute approximate surface area is 176 Å². The van der Waals surface area contributed by atoms with Crippen LogP contribution in [-0.4, -0.2) is 12.1 Å². The summed E-state index contributed by atoms with van der Waals surface area (Å²) in [7, 11) is 0. The van der Waals surface area contributed by atoms with Gasteiger partial charge in [0.2, 0.25) is 0 Å². The van der Waals surface area contributed by atoms with Gasteiger partial charge in [0.05, 0.1) is 0 Å². The third kappa shape index (κ3) is 21.5. The summed E-state index contributed by atoms with van der Waals surface area (Å²) in [6.07, 6.45) is 29.3. The van der Waals surface area contributed by atoms with E-state index >= 15 is 0 Å². The second-order valence-electron chi connectivity index (χ2n) is 8.45. The maximum Gasteiger partial charge on any atom is 0.302 e. The van der Waals surface area contributed by atoms with Crippen LogP contribution in [0, 0.1) is 0 Å². The van der Waals surface area contributed by atoms with Gasteiger partial charge in [0.15, 0.2) is 0 Å². The summed E-state index contributed by atoms with van der Waals surface area (Å²) in [6, 6.07) is 0. The monoisotopic (exact) mass is 394 g/mol. The summed E-state index contributed by atoms with van der Waals surface area (Å²) in [6.45, 7) is 6.05. The Morgan fingerprint density at radius 2 is 1.11 bits per heavy atom. The lowest BCUT2D eigenvalue weighted by Crippen LogP contribution is -2.16. The van der Waals surface area contributed by atoms with E-state index in [4.69, 9.17) is 4.74 Å². The first-order chi connectivity index (χ1) is 13.7. The Kier molecular flexibility index (Phi) is 21.9. The van der Waals surface area contributed by atoms with Gasteiger partial charge in [-0.15, -0.1) is 0 Å². The highest BCUT2D eigenvalue weighted by Gasteiger charge is 2.10. The first-order valence-corrected chi connectivity index (χ1v) is 12.5. The molecule has 2 heteroatoms. The maximum absolute atomic E-state index is 11.3. The fourth-order valence-corrected chi connectivity index (χ4v) is 3.74. The predicted molar refractivity (Wildman–Crippen MR) is 124 cm³/mol. The molecule has 0 aliphatic rings. The van der Waals surface area contributed by atoms with Gasteiger partial charge in [-0.05, 0) is 38.5 Å². The highest BCUT2D eigenvalue weighted by Crippen LogP contribution is 2.15. The Morgan fingerprint density at radius 1 is 0.643 bits per heavy atom. The van der Waals surface area contributed by atoms with Crippen LogP contribution in [0.1, 0.15) is 143 Å². The van der Waals surface area contributed by atoms with Crippen LogP contribution < -0.4 is 0 Å². The lowest BCUT2D eigenvalue weighted by molar-refractivity contribution is -0.146. The fraction of sp³-hybridized carbons (Fsp3) is 0.885. The van der Waals surface area contributed by atoms with Crippen LogP contribution in [0.3, 0.4) is 0 Å². The molecule has 0 saturated carbocycles. The van der Waals surface area contributed by atoms with Crippen LogP contribution in [0.5, 0.6) is 0 Å². The molecule has 0 aliphatic heterocycles. The van der Waals surface area contributed by atoms with E-state index in [1.807, 2.05) is 0 Å². The summed E-state index contributed by atoms with van der Waals surface area (Å²) >= 11 is 0. The molecule has 0 spiro atoms. The zero-order valence-corrected chi connectivity index (χ0v) is 19.5. The first kappa shape index (κ1) is 27.2. The molecule has 0 amide bonds. The van der Waals surface area contributed by atoms with Gasteiger partial charge in [-0.3, -0.25) is 4.79 Å². The number of esters is 1. The van der Waals surface area contributed by atoms with Crippen molar-refractivity contribution in [2.24, 2.45) is 0 Å². The zero-order chi connectivity index (χ0) is 20.7. The summed E-state index contributed by atoms with van der Waals surface area (Å²) in [5, 5.41) is 0. The average molecular weight is 395 g/mol. The number of rotatable bonds is 21. The molecular formula is C26H50O2. The minimum Gasteiger partial charge on any atom is -0.463 e. The standard InChI is InChI=1S/C26H50O2/c1-4-6-8-10-11-12-13-14-15-16-17-18-20-22-24-26(28-25(3)27)23-21-19-9-7-5-2/h18,20,26H,4-17,19,21-24H2,1-3H3. The molecule has 0 aromatic carbocycles. The predicted octanol–water partition coefficient (Wildman–Crippen LogP) is 8.93. The van der Waals surface area contributed by atoms with Crippen molar-refractivity contribution in [1.82, 2.24) is 0 Å². The van der Waals surface area contributed by atoms with Crippen molar-refractivity contribution in [3.63, 3.8) is 0 Å². The van der Waals surface area contributed by atoms with Gasteiger partial charge in [-0.2, -0.15) is 0 Å². The third-order valence-electron chi connectivity index (χ3n) is 5.51. The van der Waals surface area contributed by atoms with E-state index in [1.165, 1.54) is 110 Å². The minimum absolute atomic E-state index is 0.112. The van der Waals surface area contributed by atoms with E-state index in [1.54, 1.807) is 0 Å². The van der Waals surface area contributed by atoms with Crippen LogP contribution >= 0.6 is 0 Å². The van der Waals surface area contributed by atoms with Gasteiger partial charge < -0.3 is 4.74 Å². The molecular weight excluding hydrogens is 344 g/mol. The average Bonchev–Trinajstić information content (AvgIpc) is 2.67. The van der Waals surface area contributed by atoms with Gasteiger partial charge >= 0.3 is 5.97 Å². The quantitative estimate of drug-likeness (QED) is 0.110. The topological polar surface area (TPSA) is 26.3 Å². The number of hydrogen-bond acceptors (Lipinski definition) is 2. The van der Waals surface area contributed by atoms with Crippen LogP contribution in [0.4, 0.5) is 0 Å². The second kappa shape index (κ2) is 22.5.